The first-order valence-electron chi connectivity index (χ1n) is 11.3. The normalized spacial score (nSPS) is 15.8. The summed E-state index contributed by atoms with van der Waals surface area (Å²) < 4.78 is 48.1. The average molecular weight is 527 g/mol. The van der Waals surface area contributed by atoms with Gasteiger partial charge in [0.25, 0.3) is 5.91 Å². The summed E-state index contributed by atoms with van der Waals surface area (Å²) in [5.74, 6) is -0.668. The van der Waals surface area contributed by atoms with Crippen molar-refractivity contribution in [2.45, 2.75) is 31.5 Å². The van der Waals surface area contributed by atoms with Gasteiger partial charge >= 0.3 is 6.18 Å². The Labute approximate surface area is 213 Å². The lowest BCUT2D eigenvalue weighted by Gasteiger charge is -2.19. The monoisotopic (exact) mass is 526 g/mol. The molecule has 0 bridgehead atoms. The van der Waals surface area contributed by atoms with Gasteiger partial charge in [0, 0.05) is 36.2 Å². The molecular weight excluding hydrogens is 505 g/mol. The van der Waals surface area contributed by atoms with E-state index < -0.39 is 23.8 Å². The number of imidazole rings is 1. The van der Waals surface area contributed by atoms with Crippen molar-refractivity contribution < 1.29 is 22.7 Å². The van der Waals surface area contributed by atoms with E-state index in [9.17, 15) is 22.8 Å². The van der Waals surface area contributed by atoms with Crippen LogP contribution in [0.5, 0.6) is 5.75 Å². The third-order valence-electron chi connectivity index (χ3n) is 6.17. The molecule has 37 heavy (non-hydrogen) atoms. The molecule has 11 heteroatoms. The number of aromatic amines is 1. The topological polar surface area (TPSA) is 103 Å². The van der Waals surface area contributed by atoms with E-state index in [2.05, 4.69) is 9.97 Å². The fourth-order valence-electron chi connectivity index (χ4n) is 4.41. The molecule has 0 fully saturated rings. The van der Waals surface area contributed by atoms with Gasteiger partial charge in [0.05, 0.1) is 17.0 Å². The predicted molar refractivity (Wildman–Crippen MR) is 133 cm³/mol. The second kappa shape index (κ2) is 9.40. The van der Waals surface area contributed by atoms with Gasteiger partial charge in [-0.2, -0.15) is 13.2 Å². The number of H-pyrrole nitrogens is 1. The molecule has 5 rings (SSSR count). The minimum atomic E-state index is -4.55. The van der Waals surface area contributed by atoms with Crippen LogP contribution in [0.1, 0.15) is 56.7 Å². The molecule has 3 aromatic heterocycles. The van der Waals surface area contributed by atoms with E-state index in [1.165, 1.54) is 25.1 Å². The molecule has 0 aliphatic heterocycles. The number of halogens is 3. The number of primary amides is 1. The quantitative estimate of drug-likeness (QED) is 0.359. The van der Waals surface area contributed by atoms with Gasteiger partial charge in [0.1, 0.15) is 28.1 Å². The number of carbonyl (C=O) groups excluding carboxylic acids is 1. The molecule has 3 N–H and O–H groups in total. The van der Waals surface area contributed by atoms with Crippen molar-refractivity contribution in [2.75, 3.05) is 0 Å². The molecule has 1 aliphatic carbocycles. The lowest BCUT2D eigenvalue weighted by Crippen LogP contribution is -2.15. The number of alkyl halides is 3. The summed E-state index contributed by atoms with van der Waals surface area (Å²) in [6.45, 7) is 1.49. The lowest BCUT2D eigenvalue weighted by molar-refractivity contribution is -0.138. The number of fused-ring (bicyclic) bond motifs is 1. The Morgan fingerprint density at radius 1 is 1.27 bits per heavy atom. The number of hydrogen-bond acceptors (Lipinski definition) is 5. The van der Waals surface area contributed by atoms with Gasteiger partial charge in [0.15, 0.2) is 0 Å². The van der Waals surface area contributed by atoms with Crippen LogP contribution >= 0.6 is 11.3 Å². The summed E-state index contributed by atoms with van der Waals surface area (Å²) in [5, 5.41) is 0.577. The minimum Gasteiger partial charge on any atom is -0.484 e. The zero-order valence-electron chi connectivity index (χ0n) is 19.5. The number of carbonyl (C=O) groups is 1. The molecule has 0 saturated carbocycles. The van der Waals surface area contributed by atoms with Crippen molar-refractivity contribution >= 4 is 23.3 Å². The largest absolute Gasteiger partial charge is 0.484 e. The Kier molecular flexibility index (Phi) is 6.24. The number of hydrogen-bond donors (Lipinski definition) is 2. The van der Waals surface area contributed by atoms with Crippen molar-refractivity contribution in [1.82, 2.24) is 14.5 Å². The van der Waals surface area contributed by atoms with E-state index in [0.717, 1.165) is 34.4 Å². The Morgan fingerprint density at radius 2 is 2.05 bits per heavy atom. The van der Waals surface area contributed by atoms with Crippen molar-refractivity contribution in [2.24, 2.45) is 5.73 Å². The zero-order chi connectivity index (χ0) is 26.3. The first-order valence-corrected chi connectivity index (χ1v) is 12.1. The van der Waals surface area contributed by atoms with Gasteiger partial charge in [-0.15, -0.1) is 11.3 Å². The highest BCUT2D eigenvalue weighted by Gasteiger charge is 2.35. The third kappa shape index (κ3) is 4.82. The number of pyridine rings is 1. The number of nitrogens with zero attached hydrogens (tertiary/aromatic N) is 2. The molecule has 0 saturated heterocycles. The van der Waals surface area contributed by atoms with Crippen molar-refractivity contribution in [3.63, 3.8) is 0 Å². The van der Waals surface area contributed by atoms with Crippen LogP contribution in [0.15, 0.2) is 65.9 Å². The van der Waals surface area contributed by atoms with Gasteiger partial charge < -0.3 is 15.5 Å². The number of ether oxygens (including phenoxy) is 1. The second-order valence-electron chi connectivity index (χ2n) is 8.59. The van der Waals surface area contributed by atoms with Gasteiger partial charge in [0.2, 0.25) is 5.56 Å². The molecule has 2 unspecified atom stereocenters. The molecule has 7 nitrogen and oxygen atoms in total. The maximum Gasteiger partial charge on any atom is 0.416 e. The number of amides is 1. The van der Waals surface area contributed by atoms with Gasteiger partial charge in [-0.05, 0) is 30.7 Å². The standard InChI is InChI=1S/C26H21F3N4O3S/c1-14(17-4-2-3-5-18(17)26(27,28)29)36-21-12-23(37-24(21)25(30)35)33-13-32-19-10-15(6-7-20(19)33)16-8-9-31-22(34)11-16/h2-9,11-15H,10H2,1H3,(H2,30,35)(H,31,34). The van der Waals surface area contributed by atoms with Gasteiger partial charge in [-0.3, -0.25) is 14.2 Å². The number of thiophene rings is 1. The molecule has 0 radical (unpaired) electrons. The van der Waals surface area contributed by atoms with E-state index in [0.29, 0.717) is 11.4 Å². The number of aromatic nitrogens is 3. The summed E-state index contributed by atoms with van der Waals surface area (Å²) in [4.78, 5) is 31.1. The van der Waals surface area contributed by atoms with E-state index in [1.807, 2.05) is 18.2 Å². The molecule has 0 spiro atoms. The highest BCUT2D eigenvalue weighted by molar-refractivity contribution is 7.16. The summed E-state index contributed by atoms with van der Waals surface area (Å²) in [6, 6.07) is 10.1. The zero-order valence-corrected chi connectivity index (χ0v) is 20.3. The fraction of sp³-hybridized carbons (Fsp3) is 0.192. The van der Waals surface area contributed by atoms with Crippen LogP contribution in [0, 0.1) is 0 Å². The van der Waals surface area contributed by atoms with Gasteiger partial charge in [-0.1, -0.05) is 24.3 Å². The number of rotatable bonds is 6. The number of nitrogens with one attached hydrogen (secondary N) is 1. The van der Waals surface area contributed by atoms with E-state index in [-0.39, 0.29) is 27.7 Å². The van der Waals surface area contributed by atoms with Crippen molar-refractivity contribution in [3.05, 3.63) is 104 Å². The Balaban J connectivity index is 1.45. The summed E-state index contributed by atoms with van der Waals surface area (Å²) in [7, 11) is 0. The highest BCUT2D eigenvalue weighted by atomic mass is 32.1. The lowest BCUT2D eigenvalue weighted by atomic mass is 9.90. The third-order valence-corrected chi connectivity index (χ3v) is 7.30. The number of allylic oxidation sites excluding steroid dienone is 1. The number of nitrogens with two attached hydrogens (primary N) is 1. The van der Waals surface area contributed by atoms with Crippen molar-refractivity contribution in [3.8, 4) is 10.8 Å². The van der Waals surface area contributed by atoms with Crippen LogP contribution in [-0.4, -0.2) is 20.4 Å². The Morgan fingerprint density at radius 3 is 2.78 bits per heavy atom. The first-order chi connectivity index (χ1) is 17.6. The molecule has 2 atom stereocenters. The van der Waals surface area contributed by atoms with E-state index >= 15 is 0 Å². The van der Waals surface area contributed by atoms with Crippen LogP contribution in [0.4, 0.5) is 13.2 Å². The summed E-state index contributed by atoms with van der Waals surface area (Å²) in [6.07, 6.45) is 2.11. The maximum atomic E-state index is 13.5. The first kappa shape index (κ1) is 24.6. The predicted octanol–water partition coefficient (Wildman–Crippen LogP) is 5.23. The smallest absolute Gasteiger partial charge is 0.416 e. The van der Waals surface area contributed by atoms with Crippen LogP contribution < -0.4 is 16.0 Å². The van der Waals surface area contributed by atoms with E-state index in [4.69, 9.17) is 10.5 Å². The number of benzene rings is 1. The average Bonchev–Trinajstić information content (AvgIpc) is 3.47. The molecular formula is C26H21F3N4O3S. The van der Waals surface area contributed by atoms with E-state index in [1.54, 1.807) is 29.2 Å². The minimum absolute atomic E-state index is 0.0175. The van der Waals surface area contributed by atoms with Crippen molar-refractivity contribution in [1.29, 1.82) is 0 Å². The van der Waals surface area contributed by atoms with Gasteiger partial charge in [-0.25, -0.2) is 4.98 Å². The summed E-state index contributed by atoms with van der Waals surface area (Å²) in [5.41, 5.74) is 7.00. The highest BCUT2D eigenvalue weighted by Crippen LogP contribution is 2.40. The molecule has 3 heterocycles. The Hall–Kier alpha value is -4.12. The van der Waals surface area contributed by atoms with Crippen LogP contribution in [0.25, 0.3) is 11.1 Å². The molecule has 190 valence electrons. The molecule has 1 aliphatic rings. The maximum absolute atomic E-state index is 13.5. The SMILES string of the molecule is CC(Oc1cc(-n2cnc3c2C=CC(c2cc[nH]c(=O)c2)C3)sc1C(N)=O)c1ccccc1C(F)(F)F. The second-order valence-corrected chi connectivity index (χ2v) is 9.62. The Bertz CT molecular complexity index is 1570. The van der Waals surface area contributed by atoms with Crippen LogP contribution in [0.2, 0.25) is 0 Å². The summed E-state index contributed by atoms with van der Waals surface area (Å²) >= 11 is 1.07. The fourth-order valence-corrected chi connectivity index (χ4v) is 5.34. The van der Waals surface area contributed by atoms with Crippen LogP contribution in [-0.2, 0) is 12.6 Å². The van der Waals surface area contributed by atoms with Crippen LogP contribution in [0.3, 0.4) is 0 Å². The molecule has 4 aromatic rings. The molecule has 1 amide bonds. The molecule has 1 aromatic carbocycles.